The topological polar surface area (TPSA) is 66.6 Å². The molecule has 20 heavy (non-hydrogen) atoms. The number of benzene rings is 1. The zero-order valence-corrected chi connectivity index (χ0v) is 12.6. The summed E-state index contributed by atoms with van der Waals surface area (Å²) in [4.78, 5) is 2.15. The first-order valence-electron chi connectivity index (χ1n) is 6.64. The average Bonchev–Trinajstić information content (AvgIpc) is 2.42. The van der Waals surface area contributed by atoms with Crippen molar-refractivity contribution in [3.05, 3.63) is 23.5 Å². The fraction of sp³-hybridized carbons (Fsp3) is 0.538. The Hall–Kier alpha value is -1.18. The SMILES string of the molecule is CCN1CCN(S(=O)(=O)c2cc(N)cc(F)c2C)CC1. The average molecular weight is 301 g/mol. The first-order valence-corrected chi connectivity index (χ1v) is 8.08. The standard InChI is InChI=1S/C13H20FN3O2S/c1-3-16-4-6-17(7-5-16)20(18,19)13-9-11(15)8-12(14)10(13)2/h8-9H,3-7,15H2,1-2H3. The van der Waals surface area contributed by atoms with Gasteiger partial charge in [-0.2, -0.15) is 4.31 Å². The van der Waals surface area contributed by atoms with Crippen molar-refractivity contribution in [2.45, 2.75) is 18.7 Å². The van der Waals surface area contributed by atoms with Gasteiger partial charge in [-0.3, -0.25) is 0 Å². The van der Waals surface area contributed by atoms with Crippen molar-refractivity contribution in [1.29, 1.82) is 0 Å². The number of nitrogens with two attached hydrogens (primary N) is 1. The van der Waals surface area contributed by atoms with E-state index < -0.39 is 15.8 Å². The summed E-state index contributed by atoms with van der Waals surface area (Å²) in [6.45, 7) is 6.64. The summed E-state index contributed by atoms with van der Waals surface area (Å²) >= 11 is 0. The van der Waals surface area contributed by atoms with Gasteiger partial charge in [-0.05, 0) is 25.6 Å². The number of piperazine rings is 1. The molecule has 2 N–H and O–H groups in total. The lowest BCUT2D eigenvalue weighted by atomic mass is 10.2. The largest absolute Gasteiger partial charge is 0.399 e. The maximum Gasteiger partial charge on any atom is 0.243 e. The number of anilines is 1. The smallest absolute Gasteiger partial charge is 0.243 e. The van der Waals surface area contributed by atoms with E-state index >= 15 is 0 Å². The van der Waals surface area contributed by atoms with Gasteiger partial charge in [0.15, 0.2) is 0 Å². The first kappa shape index (κ1) is 15.2. The number of sulfonamides is 1. The van der Waals surface area contributed by atoms with Gasteiger partial charge in [0.05, 0.1) is 4.90 Å². The maximum absolute atomic E-state index is 13.7. The molecule has 0 radical (unpaired) electrons. The Morgan fingerprint density at radius 1 is 1.25 bits per heavy atom. The molecule has 7 heteroatoms. The highest BCUT2D eigenvalue weighted by molar-refractivity contribution is 7.89. The molecule has 0 atom stereocenters. The van der Waals surface area contributed by atoms with Gasteiger partial charge < -0.3 is 10.6 Å². The van der Waals surface area contributed by atoms with Crippen molar-refractivity contribution in [2.75, 3.05) is 38.5 Å². The molecule has 0 spiro atoms. The molecule has 0 unspecified atom stereocenters. The van der Waals surface area contributed by atoms with Crippen molar-refractivity contribution in [1.82, 2.24) is 9.21 Å². The summed E-state index contributed by atoms with van der Waals surface area (Å²) in [7, 11) is -3.68. The lowest BCUT2D eigenvalue weighted by Crippen LogP contribution is -2.48. The second-order valence-corrected chi connectivity index (χ2v) is 6.87. The Labute approximate surface area is 119 Å². The normalized spacial score (nSPS) is 18.4. The van der Waals surface area contributed by atoms with E-state index in [9.17, 15) is 12.8 Å². The van der Waals surface area contributed by atoms with Gasteiger partial charge in [0.25, 0.3) is 0 Å². The molecule has 0 saturated carbocycles. The van der Waals surface area contributed by atoms with Gasteiger partial charge in [-0.25, -0.2) is 12.8 Å². The van der Waals surface area contributed by atoms with Gasteiger partial charge in [-0.15, -0.1) is 0 Å². The Bertz CT molecular complexity index is 596. The summed E-state index contributed by atoms with van der Waals surface area (Å²) in [6, 6.07) is 2.48. The van der Waals surface area contributed by atoms with Crippen LogP contribution in [0, 0.1) is 12.7 Å². The van der Waals surface area contributed by atoms with E-state index in [1.807, 2.05) is 6.92 Å². The molecule has 2 rings (SSSR count). The fourth-order valence-electron chi connectivity index (χ4n) is 2.37. The van der Waals surface area contributed by atoms with E-state index in [0.29, 0.717) is 26.2 Å². The molecule has 1 aliphatic rings. The highest BCUT2D eigenvalue weighted by atomic mass is 32.2. The van der Waals surface area contributed by atoms with Gasteiger partial charge in [0, 0.05) is 37.4 Å². The minimum Gasteiger partial charge on any atom is -0.399 e. The van der Waals surface area contributed by atoms with Crippen molar-refractivity contribution < 1.29 is 12.8 Å². The Balaban J connectivity index is 2.32. The highest BCUT2D eigenvalue weighted by Crippen LogP contribution is 2.25. The van der Waals surface area contributed by atoms with Crippen LogP contribution in [0.3, 0.4) is 0 Å². The van der Waals surface area contributed by atoms with E-state index in [1.54, 1.807) is 0 Å². The van der Waals surface area contributed by atoms with E-state index in [-0.39, 0.29) is 16.1 Å². The monoisotopic (exact) mass is 301 g/mol. The lowest BCUT2D eigenvalue weighted by molar-refractivity contribution is 0.196. The number of nitrogens with zero attached hydrogens (tertiary/aromatic N) is 2. The predicted molar refractivity (Wildman–Crippen MR) is 76.4 cm³/mol. The van der Waals surface area contributed by atoms with Crippen LogP contribution in [-0.2, 0) is 10.0 Å². The molecule has 0 bridgehead atoms. The predicted octanol–water partition coefficient (Wildman–Crippen LogP) is 1.04. The van der Waals surface area contributed by atoms with Crippen molar-refractivity contribution >= 4 is 15.7 Å². The Kier molecular flexibility index (Phi) is 4.31. The third-order valence-electron chi connectivity index (χ3n) is 3.72. The van der Waals surface area contributed by atoms with Crippen LogP contribution < -0.4 is 5.73 Å². The van der Waals surface area contributed by atoms with E-state index in [1.165, 1.54) is 17.3 Å². The number of nitrogen functional groups attached to an aromatic ring is 1. The van der Waals surface area contributed by atoms with Gasteiger partial charge in [0.1, 0.15) is 5.82 Å². The van der Waals surface area contributed by atoms with Crippen LogP contribution in [0.25, 0.3) is 0 Å². The fourth-order valence-corrected chi connectivity index (χ4v) is 4.06. The molecule has 0 aliphatic carbocycles. The van der Waals surface area contributed by atoms with Crippen LogP contribution in [0.2, 0.25) is 0 Å². The zero-order chi connectivity index (χ0) is 14.9. The third kappa shape index (κ3) is 2.79. The molecule has 1 aliphatic heterocycles. The van der Waals surface area contributed by atoms with Crippen LogP contribution in [0.15, 0.2) is 17.0 Å². The Morgan fingerprint density at radius 3 is 2.40 bits per heavy atom. The number of hydrogen-bond acceptors (Lipinski definition) is 4. The molecular formula is C13H20FN3O2S. The molecule has 1 saturated heterocycles. The lowest BCUT2D eigenvalue weighted by Gasteiger charge is -2.33. The van der Waals surface area contributed by atoms with E-state index in [4.69, 9.17) is 5.73 Å². The molecule has 1 heterocycles. The summed E-state index contributed by atoms with van der Waals surface area (Å²) in [5.41, 5.74) is 5.81. The number of hydrogen-bond donors (Lipinski definition) is 1. The third-order valence-corrected chi connectivity index (χ3v) is 5.74. The summed E-state index contributed by atoms with van der Waals surface area (Å²) in [5, 5.41) is 0. The van der Waals surface area contributed by atoms with Crippen LogP contribution >= 0.6 is 0 Å². The number of likely N-dealkylation sites (N-methyl/N-ethyl adjacent to an activating group) is 1. The molecule has 1 aromatic rings. The molecular weight excluding hydrogens is 281 g/mol. The van der Waals surface area contributed by atoms with Gasteiger partial charge in [0.2, 0.25) is 10.0 Å². The minimum atomic E-state index is -3.68. The minimum absolute atomic E-state index is 0.0278. The number of rotatable bonds is 3. The maximum atomic E-state index is 13.7. The molecule has 1 aromatic carbocycles. The first-order chi connectivity index (χ1) is 9.36. The second kappa shape index (κ2) is 5.67. The molecule has 5 nitrogen and oxygen atoms in total. The van der Waals surface area contributed by atoms with Crippen molar-refractivity contribution in [2.24, 2.45) is 0 Å². The van der Waals surface area contributed by atoms with Crippen molar-refractivity contribution in [3.8, 4) is 0 Å². The molecule has 1 fully saturated rings. The van der Waals surface area contributed by atoms with Gasteiger partial charge in [-0.1, -0.05) is 6.92 Å². The Morgan fingerprint density at radius 2 is 1.85 bits per heavy atom. The molecule has 0 amide bonds. The van der Waals surface area contributed by atoms with Crippen LogP contribution in [0.4, 0.5) is 10.1 Å². The van der Waals surface area contributed by atoms with Crippen LogP contribution in [0.1, 0.15) is 12.5 Å². The number of halogens is 1. The van der Waals surface area contributed by atoms with Gasteiger partial charge >= 0.3 is 0 Å². The van der Waals surface area contributed by atoms with E-state index in [0.717, 1.165) is 12.6 Å². The molecule has 112 valence electrons. The summed E-state index contributed by atoms with van der Waals surface area (Å²) < 4.78 is 40.3. The highest BCUT2D eigenvalue weighted by Gasteiger charge is 2.30. The van der Waals surface area contributed by atoms with E-state index in [2.05, 4.69) is 4.90 Å². The summed E-state index contributed by atoms with van der Waals surface area (Å²) in [5.74, 6) is -0.587. The van der Waals surface area contributed by atoms with Crippen LogP contribution in [-0.4, -0.2) is 50.3 Å². The second-order valence-electron chi connectivity index (χ2n) is 4.96. The summed E-state index contributed by atoms with van der Waals surface area (Å²) in [6.07, 6.45) is 0. The zero-order valence-electron chi connectivity index (χ0n) is 11.8. The quantitative estimate of drug-likeness (QED) is 0.847. The van der Waals surface area contributed by atoms with Crippen molar-refractivity contribution in [3.63, 3.8) is 0 Å². The molecule has 0 aromatic heterocycles. The van der Waals surface area contributed by atoms with Crippen LogP contribution in [0.5, 0.6) is 0 Å².